The van der Waals surface area contributed by atoms with Crippen LogP contribution in [0.1, 0.15) is 15.9 Å². The molecule has 1 aromatic heterocycles. The van der Waals surface area contributed by atoms with E-state index in [1.807, 2.05) is 36.4 Å². The van der Waals surface area contributed by atoms with E-state index in [4.69, 9.17) is 16.3 Å². The van der Waals surface area contributed by atoms with E-state index < -0.39 is 0 Å². The van der Waals surface area contributed by atoms with Gasteiger partial charge in [0.25, 0.3) is 5.91 Å². The van der Waals surface area contributed by atoms with Crippen molar-refractivity contribution in [1.29, 1.82) is 0 Å². The van der Waals surface area contributed by atoms with E-state index in [-0.39, 0.29) is 5.91 Å². The molecule has 7 heteroatoms. The minimum Gasteiger partial charge on any atom is -0.492 e. The van der Waals surface area contributed by atoms with Crippen LogP contribution in [-0.4, -0.2) is 17.5 Å². The smallest absolute Gasteiger partial charge is 0.261 e. The standard InChI is InChI=1S/C22H16BrClN2O2S/c23-15-6-9-19(28-11-10-14-4-2-1-3-5-14)17(12-15)21(27)26-22-25-18-8-7-16(24)13-20(18)29-22/h1-9,12-13H,10-11H2,(H,25,26,27). The SMILES string of the molecule is O=C(Nc1nc2ccc(Cl)cc2s1)c1cc(Br)ccc1OCCc1ccccc1. The third kappa shape index (κ3) is 4.96. The van der Waals surface area contributed by atoms with Gasteiger partial charge in [0.15, 0.2) is 5.13 Å². The lowest BCUT2D eigenvalue weighted by molar-refractivity contribution is 0.102. The molecule has 146 valence electrons. The number of rotatable bonds is 6. The molecule has 4 nitrogen and oxygen atoms in total. The van der Waals surface area contributed by atoms with Crippen LogP contribution >= 0.6 is 38.9 Å². The molecule has 1 heterocycles. The maximum absolute atomic E-state index is 12.9. The Kier molecular flexibility index (Phi) is 6.13. The van der Waals surface area contributed by atoms with Gasteiger partial charge >= 0.3 is 0 Å². The molecule has 29 heavy (non-hydrogen) atoms. The summed E-state index contributed by atoms with van der Waals surface area (Å²) in [4.78, 5) is 17.3. The molecule has 0 unspecified atom stereocenters. The molecule has 3 aromatic carbocycles. The molecule has 4 rings (SSSR count). The van der Waals surface area contributed by atoms with E-state index in [0.29, 0.717) is 28.1 Å². The fraction of sp³-hybridized carbons (Fsp3) is 0.0909. The number of anilines is 1. The number of carbonyl (C=O) groups excluding carboxylic acids is 1. The number of nitrogens with zero attached hydrogens (tertiary/aromatic N) is 1. The van der Waals surface area contributed by atoms with Crippen LogP contribution in [0.25, 0.3) is 10.2 Å². The van der Waals surface area contributed by atoms with Crippen LogP contribution in [0.3, 0.4) is 0 Å². The monoisotopic (exact) mass is 486 g/mol. The van der Waals surface area contributed by atoms with Gasteiger partial charge in [-0.1, -0.05) is 69.2 Å². The summed E-state index contributed by atoms with van der Waals surface area (Å²) in [7, 11) is 0. The minimum atomic E-state index is -0.272. The molecule has 0 saturated carbocycles. The first kappa shape index (κ1) is 19.9. The lowest BCUT2D eigenvalue weighted by Crippen LogP contribution is -2.14. The summed E-state index contributed by atoms with van der Waals surface area (Å²) in [5.74, 6) is 0.261. The minimum absolute atomic E-state index is 0.272. The number of halogens is 2. The van der Waals surface area contributed by atoms with Gasteiger partial charge in [-0.15, -0.1) is 0 Å². The zero-order valence-electron chi connectivity index (χ0n) is 15.2. The fourth-order valence-electron chi connectivity index (χ4n) is 2.85. The molecule has 0 spiro atoms. The predicted octanol–water partition coefficient (Wildman–Crippen LogP) is 6.59. The second-order valence-electron chi connectivity index (χ2n) is 6.31. The molecular formula is C22H16BrClN2O2S. The van der Waals surface area contributed by atoms with Crippen molar-refractivity contribution in [2.45, 2.75) is 6.42 Å². The Bertz CT molecular complexity index is 1160. The van der Waals surface area contributed by atoms with E-state index in [0.717, 1.165) is 21.1 Å². The number of amides is 1. The van der Waals surface area contributed by atoms with Gasteiger partial charge in [-0.05, 0) is 42.0 Å². The van der Waals surface area contributed by atoms with Gasteiger partial charge in [0.1, 0.15) is 5.75 Å². The topological polar surface area (TPSA) is 51.2 Å². The molecule has 4 aromatic rings. The molecule has 0 aliphatic heterocycles. The van der Waals surface area contributed by atoms with Gasteiger partial charge in [0.2, 0.25) is 0 Å². The number of ether oxygens (including phenoxy) is 1. The highest BCUT2D eigenvalue weighted by Crippen LogP contribution is 2.30. The average molecular weight is 488 g/mol. The molecule has 0 aliphatic carbocycles. The molecule has 1 amide bonds. The van der Waals surface area contributed by atoms with Gasteiger partial charge in [0.05, 0.1) is 22.4 Å². The third-order valence-electron chi connectivity index (χ3n) is 4.25. The lowest BCUT2D eigenvalue weighted by atomic mass is 10.1. The number of benzene rings is 3. The Morgan fingerprint density at radius 1 is 1.10 bits per heavy atom. The van der Waals surface area contributed by atoms with Crippen molar-refractivity contribution in [3.63, 3.8) is 0 Å². The Balaban J connectivity index is 1.50. The van der Waals surface area contributed by atoms with Crippen LogP contribution in [0.2, 0.25) is 5.02 Å². The summed E-state index contributed by atoms with van der Waals surface area (Å²) < 4.78 is 7.63. The normalized spacial score (nSPS) is 10.8. The van der Waals surface area contributed by atoms with Crippen LogP contribution in [0.4, 0.5) is 5.13 Å². The van der Waals surface area contributed by atoms with Crippen LogP contribution in [0, 0.1) is 0 Å². The summed E-state index contributed by atoms with van der Waals surface area (Å²) in [6, 6.07) is 20.9. The molecule has 0 bridgehead atoms. The second-order valence-corrected chi connectivity index (χ2v) is 8.69. The van der Waals surface area contributed by atoms with Crippen molar-refractivity contribution < 1.29 is 9.53 Å². The van der Waals surface area contributed by atoms with Gasteiger partial charge in [0, 0.05) is 15.9 Å². The fourth-order valence-corrected chi connectivity index (χ4v) is 4.34. The number of fused-ring (bicyclic) bond motifs is 1. The Morgan fingerprint density at radius 3 is 2.76 bits per heavy atom. The quantitative estimate of drug-likeness (QED) is 0.334. The number of thiazole rings is 1. The molecule has 0 fully saturated rings. The summed E-state index contributed by atoms with van der Waals surface area (Å²) >= 11 is 10.8. The van der Waals surface area contributed by atoms with Crippen molar-refractivity contribution in [2.24, 2.45) is 0 Å². The molecule has 0 aliphatic rings. The highest BCUT2D eigenvalue weighted by Gasteiger charge is 2.16. The molecule has 0 saturated heterocycles. The van der Waals surface area contributed by atoms with E-state index >= 15 is 0 Å². The number of hydrogen-bond acceptors (Lipinski definition) is 4. The van der Waals surface area contributed by atoms with Crippen LogP contribution in [0.5, 0.6) is 5.75 Å². The van der Waals surface area contributed by atoms with E-state index in [9.17, 15) is 4.79 Å². The molecule has 0 atom stereocenters. The second kappa shape index (κ2) is 8.95. The predicted molar refractivity (Wildman–Crippen MR) is 122 cm³/mol. The molecule has 1 N–H and O–H groups in total. The number of nitrogens with one attached hydrogen (secondary N) is 1. The van der Waals surface area contributed by atoms with Gasteiger partial charge < -0.3 is 4.74 Å². The average Bonchev–Trinajstić information content (AvgIpc) is 3.11. The van der Waals surface area contributed by atoms with Crippen LogP contribution in [-0.2, 0) is 6.42 Å². The highest BCUT2D eigenvalue weighted by atomic mass is 79.9. The van der Waals surface area contributed by atoms with Crippen molar-refractivity contribution >= 4 is 60.1 Å². The third-order valence-corrected chi connectivity index (χ3v) is 5.91. The van der Waals surface area contributed by atoms with Crippen molar-refractivity contribution in [2.75, 3.05) is 11.9 Å². The first-order chi connectivity index (χ1) is 14.1. The largest absolute Gasteiger partial charge is 0.492 e. The van der Waals surface area contributed by atoms with E-state index in [2.05, 4.69) is 38.4 Å². The van der Waals surface area contributed by atoms with E-state index in [1.165, 1.54) is 16.9 Å². The van der Waals surface area contributed by atoms with Crippen LogP contribution in [0.15, 0.2) is 71.2 Å². The lowest BCUT2D eigenvalue weighted by Gasteiger charge is -2.11. The number of hydrogen-bond donors (Lipinski definition) is 1. The Morgan fingerprint density at radius 2 is 1.93 bits per heavy atom. The maximum atomic E-state index is 12.9. The Hall–Kier alpha value is -2.41. The zero-order chi connectivity index (χ0) is 20.2. The summed E-state index contributed by atoms with van der Waals surface area (Å²) in [5, 5.41) is 4.02. The first-order valence-corrected chi connectivity index (χ1v) is 10.9. The summed E-state index contributed by atoms with van der Waals surface area (Å²) in [5.41, 5.74) is 2.43. The number of carbonyl (C=O) groups is 1. The van der Waals surface area contributed by atoms with Gasteiger partial charge in [-0.2, -0.15) is 0 Å². The maximum Gasteiger partial charge on any atom is 0.261 e. The zero-order valence-corrected chi connectivity index (χ0v) is 18.4. The Labute approximate surface area is 185 Å². The van der Waals surface area contributed by atoms with Crippen molar-refractivity contribution in [3.8, 4) is 5.75 Å². The van der Waals surface area contributed by atoms with Crippen LogP contribution < -0.4 is 10.1 Å². The van der Waals surface area contributed by atoms with Gasteiger partial charge in [-0.3, -0.25) is 10.1 Å². The summed E-state index contributed by atoms with van der Waals surface area (Å²) in [6.45, 7) is 0.478. The van der Waals surface area contributed by atoms with Crippen molar-refractivity contribution in [1.82, 2.24) is 4.98 Å². The highest BCUT2D eigenvalue weighted by molar-refractivity contribution is 9.10. The van der Waals surface area contributed by atoms with Crippen molar-refractivity contribution in [3.05, 3.63) is 87.4 Å². The van der Waals surface area contributed by atoms with E-state index in [1.54, 1.807) is 18.2 Å². The van der Waals surface area contributed by atoms with Gasteiger partial charge in [-0.25, -0.2) is 4.98 Å². The molecular weight excluding hydrogens is 472 g/mol. The first-order valence-electron chi connectivity index (χ1n) is 8.92. The summed E-state index contributed by atoms with van der Waals surface area (Å²) in [6.07, 6.45) is 0.761. The number of aromatic nitrogens is 1. The molecule has 0 radical (unpaired) electrons.